The van der Waals surface area contributed by atoms with Gasteiger partial charge >= 0.3 is 0 Å². The average molecular weight is 456 g/mol. The smallest absolute Gasteiger partial charge is 0.214 e. The van der Waals surface area contributed by atoms with Gasteiger partial charge in [-0.25, -0.2) is 4.68 Å². The van der Waals surface area contributed by atoms with E-state index < -0.39 is 0 Å². The van der Waals surface area contributed by atoms with Gasteiger partial charge in [0.15, 0.2) is 5.82 Å². The molecule has 0 amide bonds. The van der Waals surface area contributed by atoms with Crippen LogP contribution in [0.1, 0.15) is 4.88 Å². The van der Waals surface area contributed by atoms with Gasteiger partial charge in [-0.1, -0.05) is 39.8 Å². The third-order valence-corrected chi connectivity index (χ3v) is 6.10. The lowest BCUT2D eigenvalue weighted by Crippen LogP contribution is -2.17. The Balaban J connectivity index is 1.71. The second-order valence-electron chi connectivity index (χ2n) is 4.51. The minimum absolute atomic E-state index is 0.802. The van der Waals surface area contributed by atoms with Gasteiger partial charge in [0.2, 0.25) is 5.16 Å². The zero-order valence-corrected chi connectivity index (χ0v) is 15.8. The number of hydrogen-bond acceptors (Lipinski definition) is 5. The molecule has 8 heteroatoms. The number of nitrogens with one attached hydrogen (secondary N) is 1. The molecule has 1 aliphatic heterocycles. The molecule has 1 aliphatic rings. The van der Waals surface area contributed by atoms with Gasteiger partial charge < -0.3 is 0 Å². The molecule has 0 saturated heterocycles. The lowest BCUT2D eigenvalue weighted by molar-refractivity contribution is 0.826. The molecule has 0 unspecified atom stereocenters. The summed E-state index contributed by atoms with van der Waals surface area (Å²) >= 11 is 10.2. The van der Waals surface area contributed by atoms with E-state index in [2.05, 4.69) is 59.0 Å². The minimum atomic E-state index is 0.802. The number of hydrogen-bond donors (Lipinski definition) is 1. The van der Waals surface area contributed by atoms with Gasteiger partial charge in [-0.15, -0.1) is 21.5 Å². The predicted octanol–water partition coefficient (Wildman–Crippen LogP) is 5.18. The van der Waals surface area contributed by atoms with Crippen LogP contribution in [-0.2, 0) is 0 Å². The maximum absolute atomic E-state index is 4.31. The van der Waals surface area contributed by atoms with Crippen LogP contribution >= 0.6 is 55.0 Å². The molecule has 1 aromatic carbocycles. The van der Waals surface area contributed by atoms with Gasteiger partial charge in [-0.3, -0.25) is 5.43 Å². The fourth-order valence-electron chi connectivity index (χ4n) is 2.06. The van der Waals surface area contributed by atoms with Crippen LogP contribution in [0.15, 0.2) is 55.2 Å². The van der Waals surface area contributed by atoms with E-state index in [1.54, 1.807) is 23.1 Å². The molecule has 22 heavy (non-hydrogen) atoms. The largest absolute Gasteiger partial charge is 0.288 e. The van der Waals surface area contributed by atoms with Crippen molar-refractivity contribution in [1.82, 2.24) is 14.9 Å². The second-order valence-corrected chi connectivity index (χ2v) is 8.73. The Kier molecular flexibility index (Phi) is 3.85. The van der Waals surface area contributed by atoms with Gasteiger partial charge in [0, 0.05) is 15.4 Å². The van der Waals surface area contributed by atoms with E-state index in [4.69, 9.17) is 0 Å². The molecule has 3 heterocycles. The molecule has 0 bridgehead atoms. The number of aromatic nitrogens is 3. The van der Waals surface area contributed by atoms with Crippen molar-refractivity contribution < 1.29 is 0 Å². The van der Waals surface area contributed by atoms with Crippen molar-refractivity contribution in [1.29, 1.82) is 0 Å². The van der Waals surface area contributed by atoms with Gasteiger partial charge in [-0.2, -0.15) is 0 Å². The predicted molar refractivity (Wildman–Crippen MR) is 98.4 cm³/mol. The zero-order valence-electron chi connectivity index (χ0n) is 11.0. The summed E-state index contributed by atoms with van der Waals surface area (Å²) in [5.41, 5.74) is 5.46. The van der Waals surface area contributed by atoms with Crippen LogP contribution in [0, 0.1) is 0 Å². The number of rotatable bonds is 2. The first kappa shape index (κ1) is 14.5. The van der Waals surface area contributed by atoms with Crippen molar-refractivity contribution in [3.8, 4) is 11.4 Å². The molecule has 4 nitrogen and oxygen atoms in total. The highest BCUT2D eigenvalue weighted by Gasteiger charge is 2.20. The van der Waals surface area contributed by atoms with Gasteiger partial charge in [0.1, 0.15) is 0 Å². The van der Waals surface area contributed by atoms with Crippen molar-refractivity contribution in [2.45, 2.75) is 5.16 Å². The standard InChI is InChI=1S/C14H8Br2N4S2/c15-9-3-1-8(2-4-9)13-17-18-14-20(13)19-10(7-21-14)11-5-6-12(16)22-11/h1-7,19H. The molecule has 2 aromatic heterocycles. The van der Waals surface area contributed by atoms with E-state index >= 15 is 0 Å². The quantitative estimate of drug-likeness (QED) is 0.578. The topological polar surface area (TPSA) is 42.7 Å². The number of thiophene rings is 1. The Morgan fingerprint density at radius 3 is 2.55 bits per heavy atom. The number of halogens is 2. The molecule has 0 aliphatic carbocycles. The van der Waals surface area contributed by atoms with Gasteiger partial charge in [-0.05, 0) is 40.2 Å². The minimum Gasteiger partial charge on any atom is -0.288 e. The third-order valence-electron chi connectivity index (χ3n) is 3.09. The summed E-state index contributed by atoms with van der Waals surface area (Å²) in [5.74, 6) is 0.802. The van der Waals surface area contributed by atoms with Crippen LogP contribution in [0.2, 0.25) is 0 Å². The summed E-state index contributed by atoms with van der Waals surface area (Å²) in [7, 11) is 0. The van der Waals surface area contributed by atoms with Crippen LogP contribution in [0.25, 0.3) is 17.1 Å². The number of fused-ring (bicyclic) bond motifs is 1. The molecule has 0 atom stereocenters. The first-order chi connectivity index (χ1) is 10.7. The lowest BCUT2D eigenvalue weighted by Gasteiger charge is -2.18. The van der Waals surface area contributed by atoms with Crippen molar-refractivity contribution in [3.63, 3.8) is 0 Å². The maximum atomic E-state index is 4.31. The SMILES string of the molecule is Brc1ccc(-c2nnc3n2NC(c2ccc(Br)s2)=CS3)cc1. The monoisotopic (exact) mass is 454 g/mol. The summed E-state index contributed by atoms with van der Waals surface area (Å²) < 4.78 is 4.08. The highest BCUT2D eigenvalue weighted by Crippen LogP contribution is 2.34. The molecular weight excluding hydrogens is 448 g/mol. The van der Waals surface area contributed by atoms with E-state index in [9.17, 15) is 0 Å². The molecule has 1 N–H and O–H groups in total. The molecule has 110 valence electrons. The van der Waals surface area contributed by atoms with Crippen molar-refractivity contribution in [2.24, 2.45) is 0 Å². The highest BCUT2D eigenvalue weighted by atomic mass is 79.9. The first-order valence-electron chi connectivity index (χ1n) is 6.31. The Morgan fingerprint density at radius 2 is 1.82 bits per heavy atom. The van der Waals surface area contributed by atoms with E-state index in [1.807, 2.05) is 35.0 Å². The summed E-state index contributed by atoms with van der Waals surface area (Å²) in [6.45, 7) is 0. The Bertz CT molecular complexity index is 867. The van der Waals surface area contributed by atoms with Gasteiger partial charge in [0.05, 0.1) is 14.4 Å². The fraction of sp³-hybridized carbons (Fsp3) is 0. The number of thioether (sulfide) groups is 1. The Morgan fingerprint density at radius 1 is 1.00 bits per heavy atom. The zero-order chi connectivity index (χ0) is 15.1. The van der Waals surface area contributed by atoms with Crippen LogP contribution in [0.5, 0.6) is 0 Å². The van der Waals surface area contributed by atoms with E-state index in [0.717, 1.165) is 30.5 Å². The van der Waals surface area contributed by atoms with Crippen LogP contribution in [-0.4, -0.2) is 14.9 Å². The van der Waals surface area contributed by atoms with E-state index in [1.165, 1.54) is 4.88 Å². The summed E-state index contributed by atoms with van der Waals surface area (Å²) in [4.78, 5) is 1.17. The van der Waals surface area contributed by atoms with Crippen molar-refractivity contribution >= 4 is 60.7 Å². The van der Waals surface area contributed by atoms with Gasteiger partial charge in [0.25, 0.3) is 0 Å². The summed E-state index contributed by atoms with van der Waals surface area (Å²) in [6.07, 6.45) is 0. The molecule has 0 spiro atoms. The average Bonchev–Trinajstić information content (AvgIpc) is 3.14. The van der Waals surface area contributed by atoms with Crippen LogP contribution in [0.4, 0.5) is 0 Å². The summed E-state index contributed by atoms with van der Waals surface area (Å²) in [5, 5.41) is 11.4. The van der Waals surface area contributed by atoms with Crippen LogP contribution in [0.3, 0.4) is 0 Å². The van der Waals surface area contributed by atoms with E-state index in [-0.39, 0.29) is 0 Å². The second kappa shape index (κ2) is 5.84. The molecule has 4 rings (SSSR count). The maximum Gasteiger partial charge on any atom is 0.214 e. The summed E-state index contributed by atoms with van der Waals surface area (Å²) in [6, 6.07) is 12.2. The Labute approximate surface area is 151 Å². The molecule has 3 aromatic rings. The molecule has 0 fully saturated rings. The van der Waals surface area contributed by atoms with Crippen molar-refractivity contribution in [3.05, 3.63) is 54.9 Å². The highest BCUT2D eigenvalue weighted by molar-refractivity contribution is 9.11. The lowest BCUT2D eigenvalue weighted by atomic mass is 10.2. The van der Waals surface area contributed by atoms with Crippen LogP contribution < -0.4 is 5.43 Å². The molecule has 0 saturated carbocycles. The first-order valence-corrected chi connectivity index (χ1v) is 9.60. The number of nitrogens with zero attached hydrogens (tertiary/aromatic N) is 3. The third kappa shape index (κ3) is 2.64. The fourth-order valence-corrected chi connectivity index (χ4v) is 4.48. The van der Waals surface area contributed by atoms with E-state index in [0.29, 0.717) is 0 Å². The molecule has 0 radical (unpaired) electrons. The molecular formula is C14H8Br2N4S2. The Hall–Kier alpha value is -1.09. The van der Waals surface area contributed by atoms with Crippen molar-refractivity contribution in [2.75, 3.05) is 5.43 Å². The normalized spacial score (nSPS) is 13.5. The number of benzene rings is 1.